The summed E-state index contributed by atoms with van der Waals surface area (Å²) in [5.41, 5.74) is 1.50. The average Bonchev–Trinajstić information content (AvgIpc) is 3.50. The number of nitrogens with one attached hydrogen (secondary N) is 1. The Labute approximate surface area is 304 Å². The zero-order chi connectivity index (χ0) is 39.3. The molecule has 0 aliphatic heterocycles. The Morgan fingerprint density at radius 3 is 1.70 bits per heavy atom. The molecular formula is C35H30N10O9. The van der Waals surface area contributed by atoms with E-state index < -0.39 is 37.6 Å². The molecule has 0 radical (unpaired) electrons. The zero-order valence-corrected chi connectivity index (χ0v) is 29.0. The summed E-state index contributed by atoms with van der Waals surface area (Å²) in [6.07, 6.45) is 3.26. The van der Waals surface area contributed by atoms with E-state index in [0.717, 1.165) is 22.8 Å². The lowest BCUT2D eigenvalue weighted by Gasteiger charge is -2.07. The average molecular weight is 735 g/mol. The predicted octanol–water partition coefficient (Wildman–Crippen LogP) is 2.74. The van der Waals surface area contributed by atoms with Crippen LogP contribution in [0.4, 0.5) is 28.4 Å². The van der Waals surface area contributed by atoms with Crippen LogP contribution >= 0.6 is 0 Å². The summed E-state index contributed by atoms with van der Waals surface area (Å²) in [6.45, 7) is 3.75. The molecule has 6 aromatic rings. The second kappa shape index (κ2) is 15.6. The molecule has 54 heavy (non-hydrogen) atoms. The number of para-hydroxylation sites is 2. The van der Waals surface area contributed by atoms with Crippen molar-refractivity contribution in [1.82, 2.24) is 23.7 Å². The normalized spacial score (nSPS) is 11.1. The fraction of sp³-hybridized carbons (Fsp3) is 0.114. The van der Waals surface area contributed by atoms with Gasteiger partial charge in [0.05, 0.1) is 61.6 Å². The number of hydrogen-bond acceptors (Lipinski definition) is 11. The van der Waals surface area contributed by atoms with Gasteiger partial charge in [0.15, 0.2) is 11.9 Å². The van der Waals surface area contributed by atoms with Crippen LogP contribution in [-0.4, -0.2) is 50.9 Å². The zero-order valence-electron chi connectivity index (χ0n) is 29.0. The summed E-state index contributed by atoms with van der Waals surface area (Å²) in [7, 11) is 3.68. The lowest BCUT2D eigenvalue weighted by atomic mass is 10.2. The molecule has 6 rings (SSSR count). The molecule has 0 saturated heterocycles. The Hall–Kier alpha value is -7.83. The molecule has 0 aliphatic carbocycles. The fourth-order valence-corrected chi connectivity index (χ4v) is 5.30. The van der Waals surface area contributed by atoms with Gasteiger partial charge in [-0.1, -0.05) is 42.5 Å². The SMILES string of the molecule is Cc1c(N=Cc2cccc(C=[NH+]c3c(C)n(C)n(-c4ccccc4)c3=O)n2)c(=O)n(-c2ccccc2)n1C.O=[N+]([O-])c1cc([N+](=O)[O-])c([O-])c([N+](=O)[O-])c1. The van der Waals surface area contributed by atoms with Gasteiger partial charge in [-0.15, -0.1) is 0 Å². The Morgan fingerprint density at radius 2 is 1.19 bits per heavy atom. The van der Waals surface area contributed by atoms with Crippen molar-refractivity contribution in [1.29, 1.82) is 0 Å². The van der Waals surface area contributed by atoms with E-state index in [4.69, 9.17) is 0 Å². The number of aliphatic imine (C=N–C) groups is 1. The van der Waals surface area contributed by atoms with E-state index in [9.17, 15) is 45.0 Å². The lowest BCUT2D eigenvalue weighted by molar-refractivity contribution is -0.420. The molecule has 0 aliphatic rings. The lowest BCUT2D eigenvalue weighted by Crippen LogP contribution is -2.64. The topological polar surface area (TPSA) is 246 Å². The van der Waals surface area contributed by atoms with Crippen LogP contribution < -0.4 is 21.2 Å². The van der Waals surface area contributed by atoms with Crippen LogP contribution in [0.25, 0.3) is 11.4 Å². The smallest absolute Gasteiger partial charge is 0.343 e. The van der Waals surface area contributed by atoms with Crippen LogP contribution in [0.2, 0.25) is 0 Å². The minimum atomic E-state index is -1.46. The van der Waals surface area contributed by atoms with Crippen molar-refractivity contribution < 1.29 is 24.9 Å². The maximum absolute atomic E-state index is 13.1. The molecule has 19 heteroatoms. The van der Waals surface area contributed by atoms with Crippen molar-refractivity contribution >= 4 is 40.9 Å². The van der Waals surface area contributed by atoms with Crippen LogP contribution in [0, 0.1) is 44.2 Å². The third-order valence-electron chi connectivity index (χ3n) is 8.20. The first-order chi connectivity index (χ1) is 25.7. The highest BCUT2D eigenvalue weighted by molar-refractivity contribution is 5.82. The largest absolute Gasteiger partial charge is 0.863 e. The van der Waals surface area contributed by atoms with E-state index in [1.54, 1.807) is 26.5 Å². The van der Waals surface area contributed by atoms with Gasteiger partial charge < -0.3 is 5.11 Å². The van der Waals surface area contributed by atoms with Crippen LogP contribution in [0.5, 0.6) is 5.75 Å². The van der Waals surface area contributed by atoms with Gasteiger partial charge in [0, 0.05) is 14.1 Å². The Balaban J connectivity index is 0.000000294. The quantitative estimate of drug-likeness (QED) is 0.129. The van der Waals surface area contributed by atoms with Crippen LogP contribution in [0.3, 0.4) is 0 Å². The number of benzene rings is 3. The Morgan fingerprint density at radius 1 is 0.685 bits per heavy atom. The van der Waals surface area contributed by atoms with Gasteiger partial charge in [-0.2, -0.15) is 0 Å². The maximum Gasteiger partial charge on any atom is 0.343 e. The van der Waals surface area contributed by atoms with E-state index in [0.29, 0.717) is 34.9 Å². The van der Waals surface area contributed by atoms with Crippen molar-refractivity contribution in [2.45, 2.75) is 13.8 Å². The highest BCUT2D eigenvalue weighted by Crippen LogP contribution is 2.36. The maximum atomic E-state index is 13.1. The van der Waals surface area contributed by atoms with Crippen molar-refractivity contribution in [3.8, 4) is 17.1 Å². The Bertz CT molecular complexity index is 2420. The van der Waals surface area contributed by atoms with Crippen molar-refractivity contribution in [2.24, 2.45) is 19.1 Å². The molecule has 0 amide bonds. The fourth-order valence-electron chi connectivity index (χ4n) is 5.30. The van der Waals surface area contributed by atoms with Gasteiger partial charge in [-0.3, -0.25) is 49.3 Å². The van der Waals surface area contributed by atoms with E-state index in [2.05, 4.69) is 15.0 Å². The molecule has 1 N–H and O–H groups in total. The highest BCUT2D eigenvalue weighted by Gasteiger charge is 2.25. The molecule has 0 bridgehead atoms. The summed E-state index contributed by atoms with van der Waals surface area (Å²) in [5, 5.41) is 42.1. The summed E-state index contributed by atoms with van der Waals surface area (Å²) in [6, 6.07) is 25.2. The summed E-state index contributed by atoms with van der Waals surface area (Å²) in [4.78, 5) is 66.0. The molecule has 0 spiro atoms. The minimum Gasteiger partial charge on any atom is -0.863 e. The van der Waals surface area contributed by atoms with Crippen LogP contribution in [0.1, 0.15) is 22.8 Å². The third kappa shape index (κ3) is 7.59. The van der Waals surface area contributed by atoms with E-state index in [1.165, 1.54) is 0 Å². The molecule has 274 valence electrons. The second-order valence-corrected chi connectivity index (χ2v) is 11.5. The molecule has 3 heterocycles. The van der Waals surface area contributed by atoms with E-state index >= 15 is 0 Å². The number of non-ortho nitro benzene ring substituents is 1. The van der Waals surface area contributed by atoms with E-state index in [1.807, 2.05) is 111 Å². The monoisotopic (exact) mass is 734 g/mol. The Kier molecular flexibility index (Phi) is 10.8. The molecule has 3 aromatic carbocycles. The van der Waals surface area contributed by atoms with Gasteiger partial charge >= 0.3 is 5.56 Å². The third-order valence-corrected chi connectivity index (χ3v) is 8.20. The minimum absolute atomic E-state index is 0.153. The standard InChI is InChI=1S/C29H27N7O2.C6H3N3O7/c1-20-26(28(37)35(33(20)3)24-14-7-5-8-15-24)30-18-22-12-11-13-23(32-22)19-31-27-21(2)34(4)36(29(27)38)25-16-9-6-10-17-25;10-6-4(8(13)14)1-3(7(11)12)2-5(6)9(15)16/h5-19H,1-4H3;1-2,10H. The number of hydrogen-bond donors (Lipinski definition) is 1. The highest BCUT2D eigenvalue weighted by atomic mass is 16.6. The van der Waals surface area contributed by atoms with Gasteiger partial charge in [-0.25, -0.2) is 24.3 Å². The first kappa shape index (κ1) is 37.4. The number of nitro benzene ring substituents is 3. The first-order valence-electron chi connectivity index (χ1n) is 15.8. The van der Waals surface area contributed by atoms with Gasteiger partial charge in [0.25, 0.3) is 28.3 Å². The molecule has 3 aromatic heterocycles. The second-order valence-electron chi connectivity index (χ2n) is 11.5. The van der Waals surface area contributed by atoms with E-state index in [-0.39, 0.29) is 11.1 Å². The van der Waals surface area contributed by atoms with Crippen molar-refractivity contribution in [3.05, 3.63) is 165 Å². The van der Waals surface area contributed by atoms with Crippen molar-refractivity contribution in [2.75, 3.05) is 0 Å². The molecule has 0 unspecified atom stereocenters. The predicted molar refractivity (Wildman–Crippen MR) is 195 cm³/mol. The van der Waals surface area contributed by atoms with Crippen LogP contribution in [-0.2, 0) is 14.1 Å². The number of pyridine rings is 1. The molecule has 0 saturated carbocycles. The van der Waals surface area contributed by atoms with Crippen molar-refractivity contribution in [3.63, 3.8) is 0 Å². The van der Waals surface area contributed by atoms with Gasteiger partial charge in [0.2, 0.25) is 0 Å². The molecule has 0 fully saturated rings. The number of nitro groups is 3. The number of nitrogens with zero attached hydrogens (tertiary/aromatic N) is 9. The van der Waals surface area contributed by atoms with Gasteiger partial charge in [0.1, 0.15) is 11.4 Å². The number of aromatic nitrogens is 5. The van der Waals surface area contributed by atoms with Crippen LogP contribution in [0.15, 0.2) is 106 Å². The molecular weight excluding hydrogens is 704 g/mol. The summed E-state index contributed by atoms with van der Waals surface area (Å²) >= 11 is 0. The van der Waals surface area contributed by atoms with Gasteiger partial charge in [-0.05, 0) is 50.2 Å². The molecule has 0 atom stereocenters. The summed E-state index contributed by atoms with van der Waals surface area (Å²) in [5.74, 6) is -1.46. The first-order valence-corrected chi connectivity index (χ1v) is 15.8. The summed E-state index contributed by atoms with van der Waals surface area (Å²) < 4.78 is 6.81. The molecule has 19 nitrogen and oxygen atoms in total. The number of rotatable bonds is 9.